The van der Waals surface area contributed by atoms with Gasteiger partial charge in [-0.25, -0.2) is 29.9 Å². The summed E-state index contributed by atoms with van der Waals surface area (Å²) >= 11 is 0. The Hall–Kier alpha value is -16.4. The summed E-state index contributed by atoms with van der Waals surface area (Å²) in [6.07, 6.45) is 8.18. The van der Waals surface area contributed by atoms with E-state index in [-0.39, 0.29) is 97.3 Å². The molecule has 6 aromatic heterocycles. The van der Waals surface area contributed by atoms with Crippen LogP contribution in [-0.4, -0.2) is 71.5 Å². The van der Waals surface area contributed by atoms with E-state index in [0.29, 0.717) is 79.0 Å². The van der Waals surface area contributed by atoms with Gasteiger partial charge in [0.25, 0.3) is 34.9 Å². The highest BCUT2D eigenvalue weighted by molar-refractivity contribution is 6.42. The van der Waals surface area contributed by atoms with Gasteiger partial charge < -0.3 is 34.2 Å². The van der Waals surface area contributed by atoms with Gasteiger partial charge in [0.15, 0.2) is 34.2 Å². The van der Waals surface area contributed by atoms with E-state index in [0.717, 1.165) is 170 Å². The lowest BCUT2D eigenvalue weighted by Crippen LogP contribution is -2.18. The number of fused-ring (bicyclic) bond motifs is 18. The first-order chi connectivity index (χ1) is 59.1. The number of hydrogen-bond donors (Lipinski definition) is 1. The molecule has 25 nitrogen and oxygen atoms in total. The summed E-state index contributed by atoms with van der Waals surface area (Å²) in [5.41, 5.74) is 10.4. The van der Waals surface area contributed by atoms with Gasteiger partial charge in [-0.3, -0.25) is 0 Å². The van der Waals surface area contributed by atoms with Crippen molar-refractivity contribution >= 4 is 198 Å². The number of hydrogen-bond acceptors (Lipinski definition) is 19. The second kappa shape index (κ2) is 30.2. The molecular weight excluding hydrogens is 1530 g/mol. The lowest BCUT2D eigenvalue weighted by Gasteiger charge is -2.28. The third-order valence-electron chi connectivity index (χ3n) is 23.7. The number of nitrogens with zero attached hydrogens (tertiary/aromatic N) is 24. The SMILES string of the molecule is [C-]#[N+]c1nc2c3cc(C(C)(C)C)cc4c5nc(C#N)c(C#N)nc5c5cc(C(C)(C)C)cc(c2nc1[N+]#[C-])c5c43.[C-]#[N+]c1nc2c3cc(C(C)(C)CCCC)cc4c5nc(C#N)c(C#N)nc5c5cc(C(C)(C)CCCC)cc(c2nc1[N+]#[C-])c5c43.[C-]#[N+]c1nc2c3cccc4c5nc(C#N)c(C#N)nc5c5c(CCCCO)ccc(c2nc1[N+]#[C-])c5c34. The molecule has 0 unspecified atom stereocenters. The van der Waals surface area contributed by atoms with Crippen LogP contribution in [-0.2, 0) is 28.1 Å². The molecule has 0 aliphatic rings. The summed E-state index contributed by atoms with van der Waals surface area (Å²) in [5, 5.41) is 83.0. The van der Waals surface area contributed by atoms with Crippen LogP contribution >= 0.6 is 0 Å². The standard InChI is InChI=1S/C38H34N8.C32H22N8.C28H14N8O/c1-9-11-13-37(3,4)21-15-23-29-25(17-21)33-34(46-36(42-8)35(41-7)45-33)26-18-22(38(5,6)14-12-10-2)16-24(30(26)29)32-31(23)43-27(19-39)28(20-40)44-32;1-31(2,3)15-9-17-23-19(11-15)27-28(40-30(36-8)29(35-7)39-27)20-12-16(32(4,5)6)10-18(24(20)23)26-25(17)37-21(13-33)22(14-34)38-26;1-31-27-28(32-2)36-24-17-10-9-14(6-3-4-11-37)20-22(17)21-15(23(24)35-27)7-5-8-16(21)25-26(20)34-19(13-30)18(12-29)33-25/h15-18H,9-14H2,1-6H3;9-12H,1-6H3;5,7-10,37H,3-4,6,11H2. The average molecular weight is 1600 g/mol. The number of aromatic nitrogens is 12. The Kier molecular flexibility index (Phi) is 19.8. The van der Waals surface area contributed by atoms with Gasteiger partial charge in [0.05, 0.1) is 33.1 Å². The Morgan fingerprint density at radius 3 is 0.797 bits per heavy atom. The van der Waals surface area contributed by atoms with E-state index in [9.17, 15) is 36.7 Å². The van der Waals surface area contributed by atoms with Crippen LogP contribution in [0.2, 0.25) is 0 Å². The molecule has 12 aromatic carbocycles. The fourth-order valence-corrected chi connectivity index (χ4v) is 17.3. The molecule has 6 heterocycles. The molecule has 0 saturated heterocycles. The predicted octanol–water partition coefficient (Wildman–Crippen LogP) is 23.8. The number of aliphatic hydroxyl groups excluding tert-OH is 1. The highest BCUT2D eigenvalue weighted by Gasteiger charge is 2.35. The molecule has 1 N–H and O–H groups in total. The number of unbranched alkanes of at least 4 members (excludes halogenated alkanes) is 3. The van der Waals surface area contributed by atoms with Crippen molar-refractivity contribution in [1.29, 1.82) is 31.6 Å². The molecule has 0 atom stereocenters. The molecule has 18 aromatic rings. The molecule has 0 aliphatic carbocycles. The number of rotatable bonds is 12. The second-order valence-electron chi connectivity index (χ2n) is 34.1. The van der Waals surface area contributed by atoms with E-state index >= 15 is 0 Å². The lowest BCUT2D eigenvalue weighted by molar-refractivity contribution is 0.284. The summed E-state index contributed by atoms with van der Waals surface area (Å²) in [4.78, 5) is 77.4. The van der Waals surface area contributed by atoms with Crippen molar-refractivity contribution in [2.75, 3.05) is 6.61 Å². The number of benzene rings is 12. The molecule has 0 radical (unpaired) electrons. The smallest absolute Gasteiger partial charge is 0.294 e. The van der Waals surface area contributed by atoms with Crippen LogP contribution in [0.1, 0.15) is 196 Å². The molecule has 123 heavy (non-hydrogen) atoms. The molecule has 0 bridgehead atoms. The fourth-order valence-electron chi connectivity index (χ4n) is 17.3. The normalized spacial score (nSPS) is 11.8. The van der Waals surface area contributed by atoms with E-state index < -0.39 is 0 Å². The second-order valence-corrected chi connectivity index (χ2v) is 34.1. The monoisotopic (exact) mass is 1600 g/mol. The third kappa shape index (κ3) is 12.8. The molecule has 0 fully saturated rings. The van der Waals surface area contributed by atoms with Crippen LogP contribution in [0.4, 0.5) is 34.9 Å². The summed E-state index contributed by atoms with van der Waals surface area (Å²) < 4.78 is 0. The van der Waals surface area contributed by atoms with Gasteiger partial charge in [0, 0.05) is 104 Å². The van der Waals surface area contributed by atoms with Gasteiger partial charge in [-0.05, 0) is 142 Å². The maximum Gasteiger partial charge on any atom is 0.294 e. The molecule has 0 amide bonds. The molecule has 588 valence electrons. The van der Waals surface area contributed by atoms with Crippen LogP contribution in [0.25, 0.3) is 192 Å². The van der Waals surface area contributed by atoms with Crippen molar-refractivity contribution in [3.63, 3.8) is 0 Å². The van der Waals surface area contributed by atoms with E-state index in [1.165, 1.54) is 0 Å². The number of aryl methyl sites for hydroxylation is 1. The summed E-state index contributed by atoms with van der Waals surface area (Å²) in [5.74, 6) is -0.250. The van der Waals surface area contributed by atoms with Crippen LogP contribution in [0, 0.1) is 107 Å². The Morgan fingerprint density at radius 2 is 0.537 bits per heavy atom. The van der Waals surface area contributed by atoms with Crippen LogP contribution in [0.5, 0.6) is 0 Å². The summed E-state index contributed by atoms with van der Waals surface area (Å²) in [7, 11) is 0. The van der Waals surface area contributed by atoms with E-state index in [1.54, 1.807) is 0 Å². The first kappa shape index (κ1) is 80.4. The minimum Gasteiger partial charge on any atom is -0.396 e. The largest absolute Gasteiger partial charge is 0.396 e. The topological polar surface area (TPSA) is 344 Å². The third-order valence-corrected chi connectivity index (χ3v) is 23.7. The molecule has 25 heteroatoms. The Labute approximate surface area is 705 Å². The highest BCUT2D eigenvalue weighted by atomic mass is 16.3. The Balaban J connectivity index is 0.000000137. The Bertz CT molecular complexity index is 7680. The van der Waals surface area contributed by atoms with Crippen molar-refractivity contribution in [2.45, 2.75) is 163 Å². The average Bonchev–Trinajstić information content (AvgIpc) is 0.698. The molecule has 0 aliphatic heterocycles. The Morgan fingerprint density at radius 1 is 0.293 bits per heavy atom. The van der Waals surface area contributed by atoms with Crippen molar-refractivity contribution in [3.05, 3.63) is 209 Å². The van der Waals surface area contributed by atoms with Gasteiger partial charge in [-0.15, -0.1) is 29.9 Å². The number of aliphatic hydroxyl groups is 1. The van der Waals surface area contributed by atoms with Crippen LogP contribution < -0.4 is 0 Å². The van der Waals surface area contributed by atoms with Crippen molar-refractivity contribution in [2.24, 2.45) is 0 Å². The molecule has 18 rings (SSSR count). The fraction of sp³-hybridized carbons (Fsp3) is 0.265. The maximum atomic E-state index is 9.98. The maximum absolute atomic E-state index is 9.98. The molecule has 0 saturated carbocycles. The highest BCUT2D eigenvalue weighted by Crippen LogP contribution is 2.53. The summed E-state index contributed by atoms with van der Waals surface area (Å²) in [6.45, 7) is 71.9. The minimum absolute atomic E-state index is 0.0123. The molecule has 0 spiro atoms. The molecular formula is C98H70N24O. The lowest BCUT2D eigenvalue weighted by atomic mass is 9.76. The van der Waals surface area contributed by atoms with Gasteiger partial charge in [0.2, 0.25) is 33.1 Å². The number of nitriles is 6. The van der Waals surface area contributed by atoms with Gasteiger partial charge in [-0.1, -0.05) is 166 Å². The van der Waals surface area contributed by atoms with Gasteiger partial charge in [0.1, 0.15) is 36.4 Å². The van der Waals surface area contributed by atoms with Crippen molar-refractivity contribution in [3.8, 4) is 36.4 Å². The van der Waals surface area contributed by atoms with E-state index in [2.05, 4.69) is 193 Å². The first-order valence-electron chi connectivity index (χ1n) is 40.0. The predicted molar refractivity (Wildman–Crippen MR) is 477 cm³/mol. The van der Waals surface area contributed by atoms with Crippen LogP contribution in [0.3, 0.4) is 0 Å². The van der Waals surface area contributed by atoms with E-state index in [1.807, 2.05) is 54.6 Å². The van der Waals surface area contributed by atoms with Gasteiger partial charge >= 0.3 is 0 Å². The minimum atomic E-state index is -0.257. The quantitative estimate of drug-likeness (QED) is 0.0514. The van der Waals surface area contributed by atoms with E-state index in [4.69, 9.17) is 79.3 Å². The van der Waals surface area contributed by atoms with Gasteiger partial charge in [-0.2, -0.15) is 31.6 Å². The first-order valence-corrected chi connectivity index (χ1v) is 40.0. The summed E-state index contributed by atoms with van der Waals surface area (Å²) in [6, 6.07) is 38.7. The van der Waals surface area contributed by atoms with Crippen molar-refractivity contribution < 1.29 is 5.11 Å². The van der Waals surface area contributed by atoms with Crippen LogP contribution in [0.15, 0.2) is 78.9 Å². The zero-order valence-electron chi connectivity index (χ0n) is 69.3. The van der Waals surface area contributed by atoms with Crippen molar-refractivity contribution in [1.82, 2.24) is 59.8 Å². The zero-order chi connectivity index (χ0) is 87.4. The zero-order valence-corrected chi connectivity index (χ0v) is 69.3.